The van der Waals surface area contributed by atoms with Crippen LogP contribution in [0.4, 0.5) is 4.79 Å². The van der Waals surface area contributed by atoms with Crippen molar-refractivity contribution in [3.8, 4) is 5.75 Å². The quantitative estimate of drug-likeness (QED) is 0.849. The van der Waals surface area contributed by atoms with Gasteiger partial charge in [0.15, 0.2) is 0 Å². The first-order chi connectivity index (χ1) is 13.1. The average molecular weight is 372 g/mol. The van der Waals surface area contributed by atoms with E-state index < -0.39 is 0 Å². The summed E-state index contributed by atoms with van der Waals surface area (Å²) in [6, 6.07) is 6.04. The van der Waals surface area contributed by atoms with Gasteiger partial charge in [-0.2, -0.15) is 0 Å². The molecule has 2 saturated heterocycles. The lowest BCUT2D eigenvalue weighted by Crippen LogP contribution is -2.47. The van der Waals surface area contributed by atoms with Crippen LogP contribution in [0.3, 0.4) is 0 Å². The van der Waals surface area contributed by atoms with E-state index in [4.69, 9.17) is 9.47 Å². The molecule has 4 fully saturated rings. The van der Waals surface area contributed by atoms with Crippen molar-refractivity contribution in [2.24, 2.45) is 17.8 Å². The van der Waals surface area contributed by atoms with Gasteiger partial charge in [-0.3, -0.25) is 0 Å². The molecule has 6 nitrogen and oxygen atoms in total. The number of carbonyl (C=O) groups is 1. The predicted octanol–water partition coefficient (Wildman–Crippen LogP) is 2.07. The Hall–Kier alpha value is -1.79. The third kappa shape index (κ3) is 2.99. The van der Waals surface area contributed by atoms with Gasteiger partial charge in [0.1, 0.15) is 11.9 Å². The summed E-state index contributed by atoms with van der Waals surface area (Å²) in [6.07, 6.45) is 2.79. The van der Waals surface area contributed by atoms with Crippen molar-refractivity contribution < 1.29 is 19.4 Å². The zero-order valence-electron chi connectivity index (χ0n) is 15.8. The summed E-state index contributed by atoms with van der Waals surface area (Å²) in [6.45, 7) is 4.62. The van der Waals surface area contributed by atoms with E-state index in [1.807, 2.05) is 30.0 Å². The van der Waals surface area contributed by atoms with E-state index in [0.29, 0.717) is 30.9 Å². The van der Waals surface area contributed by atoms with E-state index in [2.05, 4.69) is 5.32 Å². The second-order valence-electron chi connectivity index (χ2n) is 8.66. The fourth-order valence-electron chi connectivity index (χ4n) is 5.62. The molecule has 2 heterocycles. The second kappa shape index (κ2) is 6.67. The van der Waals surface area contributed by atoms with Crippen molar-refractivity contribution in [1.82, 2.24) is 10.2 Å². The molecule has 0 spiro atoms. The minimum absolute atomic E-state index is 0.0122. The van der Waals surface area contributed by atoms with Gasteiger partial charge in [0.2, 0.25) is 0 Å². The summed E-state index contributed by atoms with van der Waals surface area (Å²) < 4.78 is 11.5. The first-order valence-electron chi connectivity index (χ1n) is 10.2. The van der Waals surface area contributed by atoms with Gasteiger partial charge < -0.3 is 24.8 Å². The molecule has 1 aromatic carbocycles. The van der Waals surface area contributed by atoms with Crippen molar-refractivity contribution in [3.63, 3.8) is 0 Å². The summed E-state index contributed by atoms with van der Waals surface area (Å²) in [5, 5.41) is 13.6. The molecule has 6 unspecified atom stereocenters. The van der Waals surface area contributed by atoms with Crippen molar-refractivity contribution in [2.45, 2.75) is 51.0 Å². The monoisotopic (exact) mass is 372 g/mol. The maximum absolute atomic E-state index is 12.8. The number of aliphatic hydroxyl groups is 1. The van der Waals surface area contributed by atoms with Crippen LogP contribution >= 0.6 is 0 Å². The Balaban J connectivity index is 1.25. The standard InChI is InChI=1S/C21H28N2O4/c1-12-2-3-13(18(6-12)27-16-4-5-26-11-16)9-22-21(25)23-10-15-7-14-8-17(15)19(23)20(14)24/h2-3,6,14-17,19-20,24H,4-5,7-11H2,1H3,(H,22,25). The highest BCUT2D eigenvalue weighted by Gasteiger charge is 2.59. The Bertz CT molecular complexity index is 731. The van der Waals surface area contributed by atoms with E-state index >= 15 is 0 Å². The SMILES string of the molecule is Cc1ccc(CNC(=O)N2CC3CC4CC3C2C4O)c(OC2CCOC2)c1. The molecule has 5 rings (SSSR count). The van der Waals surface area contributed by atoms with Gasteiger partial charge in [-0.1, -0.05) is 12.1 Å². The van der Waals surface area contributed by atoms with E-state index in [1.165, 1.54) is 0 Å². The van der Waals surface area contributed by atoms with E-state index in [-0.39, 0.29) is 24.3 Å². The maximum Gasteiger partial charge on any atom is 0.318 e. The topological polar surface area (TPSA) is 71.0 Å². The first-order valence-corrected chi connectivity index (χ1v) is 10.2. The van der Waals surface area contributed by atoms with Crippen molar-refractivity contribution in [2.75, 3.05) is 19.8 Å². The van der Waals surface area contributed by atoms with E-state index in [1.54, 1.807) is 0 Å². The van der Waals surface area contributed by atoms with Gasteiger partial charge in [-0.25, -0.2) is 4.79 Å². The molecule has 2 aliphatic heterocycles. The third-order valence-corrected chi connectivity index (χ3v) is 6.94. The number of aryl methyl sites for hydroxylation is 1. The van der Waals surface area contributed by atoms with Gasteiger partial charge in [-0.05, 0) is 49.1 Å². The fraction of sp³-hybridized carbons (Fsp3) is 0.667. The van der Waals surface area contributed by atoms with Crippen molar-refractivity contribution >= 4 is 6.03 Å². The number of carbonyl (C=O) groups excluding carboxylic acids is 1. The number of urea groups is 1. The Morgan fingerprint density at radius 2 is 2.26 bits per heavy atom. The highest BCUT2D eigenvalue weighted by Crippen LogP contribution is 2.54. The molecular weight excluding hydrogens is 344 g/mol. The van der Waals surface area contributed by atoms with Gasteiger partial charge in [0, 0.05) is 25.1 Å². The number of hydrogen-bond acceptors (Lipinski definition) is 4. The molecule has 0 aromatic heterocycles. The highest BCUT2D eigenvalue weighted by atomic mass is 16.5. The molecule has 4 aliphatic rings. The minimum Gasteiger partial charge on any atom is -0.488 e. The van der Waals surface area contributed by atoms with Crippen LogP contribution in [0, 0.1) is 24.7 Å². The Morgan fingerprint density at radius 1 is 1.37 bits per heavy atom. The van der Waals surface area contributed by atoms with Crippen molar-refractivity contribution in [1.29, 1.82) is 0 Å². The molecule has 0 radical (unpaired) electrons. The summed E-state index contributed by atoms with van der Waals surface area (Å²) in [5.74, 6) is 2.30. The van der Waals surface area contributed by atoms with Crippen LogP contribution in [0.1, 0.15) is 30.4 Å². The number of aliphatic hydroxyl groups excluding tert-OH is 1. The number of amides is 2. The van der Waals surface area contributed by atoms with Crippen LogP contribution in [0.2, 0.25) is 0 Å². The molecule has 1 aromatic rings. The molecule has 6 atom stereocenters. The fourth-order valence-corrected chi connectivity index (χ4v) is 5.62. The molecule has 2 saturated carbocycles. The number of ether oxygens (including phenoxy) is 2. The molecule has 2 aliphatic carbocycles. The van der Waals surface area contributed by atoms with E-state index in [9.17, 15) is 9.90 Å². The summed E-state index contributed by atoms with van der Waals surface area (Å²) >= 11 is 0. The minimum atomic E-state index is -0.347. The molecule has 2 N–H and O–H groups in total. The maximum atomic E-state index is 12.8. The smallest absolute Gasteiger partial charge is 0.318 e. The first kappa shape index (κ1) is 17.3. The van der Waals surface area contributed by atoms with Crippen LogP contribution < -0.4 is 10.1 Å². The zero-order chi connectivity index (χ0) is 18.5. The Morgan fingerprint density at radius 3 is 3.04 bits per heavy atom. The zero-order valence-corrected chi connectivity index (χ0v) is 15.8. The summed E-state index contributed by atoms with van der Waals surface area (Å²) in [7, 11) is 0. The predicted molar refractivity (Wildman–Crippen MR) is 99.5 cm³/mol. The number of likely N-dealkylation sites (tertiary alicyclic amines) is 1. The van der Waals surface area contributed by atoms with Crippen LogP contribution in [0.5, 0.6) is 5.75 Å². The van der Waals surface area contributed by atoms with Crippen LogP contribution in [-0.4, -0.2) is 54.0 Å². The highest BCUT2D eigenvalue weighted by molar-refractivity contribution is 5.75. The number of rotatable bonds is 4. The normalized spacial score (nSPS) is 36.4. The van der Waals surface area contributed by atoms with Gasteiger partial charge >= 0.3 is 6.03 Å². The number of fused-ring (bicyclic) bond motifs is 1. The van der Waals surface area contributed by atoms with Gasteiger partial charge in [0.05, 0.1) is 25.4 Å². The van der Waals surface area contributed by atoms with Gasteiger partial charge in [-0.15, -0.1) is 0 Å². The number of nitrogens with zero attached hydrogens (tertiary/aromatic N) is 1. The largest absolute Gasteiger partial charge is 0.488 e. The molecule has 146 valence electrons. The lowest BCUT2D eigenvalue weighted by molar-refractivity contribution is 0.0608. The molecule has 27 heavy (non-hydrogen) atoms. The van der Waals surface area contributed by atoms with E-state index in [0.717, 1.165) is 49.3 Å². The lowest BCUT2D eigenvalue weighted by atomic mass is 9.88. The molecule has 6 heteroatoms. The van der Waals surface area contributed by atoms with Crippen molar-refractivity contribution in [3.05, 3.63) is 29.3 Å². The molecular formula is C21H28N2O4. The Labute approximate surface area is 159 Å². The Kier molecular flexibility index (Phi) is 4.28. The van der Waals surface area contributed by atoms with Crippen LogP contribution in [-0.2, 0) is 11.3 Å². The van der Waals surface area contributed by atoms with Crippen LogP contribution in [0.25, 0.3) is 0 Å². The number of benzene rings is 1. The third-order valence-electron chi connectivity index (χ3n) is 6.94. The second-order valence-corrected chi connectivity index (χ2v) is 8.66. The van der Waals surface area contributed by atoms with Gasteiger partial charge in [0.25, 0.3) is 0 Å². The van der Waals surface area contributed by atoms with Crippen LogP contribution in [0.15, 0.2) is 18.2 Å². The molecule has 2 amide bonds. The number of hydrogen-bond donors (Lipinski definition) is 2. The number of nitrogens with one attached hydrogen (secondary N) is 1. The molecule has 2 bridgehead atoms. The summed E-state index contributed by atoms with van der Waals surface area (Å²) in [4.78, 5) is 14.7. The summed E-state index contributed by atoms with van der Waals surface area (Å²) in [5.41, 5.74) is 2.11. The average Bonchev–Trinajstić information content (AvgIpc) is 3.38. The lowest BCUT2D eigenvalue weighted by Gasteiger charge is -2.29.